The number of esters is 1. The first kappa shape index (κ1) is 10.5. The van der Waals surface area contributed by atoms with E-state index in [9.17, 15) is 4.79 Å². The van der Waals surface area contributed by atoms with Crippen molar-refractivity contribution in [2.24, 2.45) is 0 Å². The number of carbonyl (C=O) groups excluding carboxylic acids is 1. The zero-order valence-electron chi connectivity index (χ0n) is 8.34. The van der Waals surface area contributed by atoms with E-state index in [0.29, 0.717) is 6.61 Å². The van der Waals surface area contributed by atoms with Crippen LogP contribution < -0.4 is 5.32 Å². The molecule has 1 atom stereocenters. The SMILES string of the molecule is CCCCCOC(=O)[C@@H]1CCCN1. The normalized spacial score (nSPS) is 21.8. The van der Waals surface area contributed by atoms with Gasteiger partial charge in [-0.25, -0.2) is 0 Å². The Kier molecular flexibility index (Phi) is 4.83. The second-order valence-electron chi connectivity index (χ2n) is 3.52. The molecule has 76 valence electrons. The highest BCUT2D eigenvalue weighted by atomic mass is 16.5. The van der Waals surface area contributed by atoms with E-state index in [1.807, 2.05) is 0 Å². The molecule has 0 aromatic carbocycles. The van der Waals surface area contributed by atoms with Gasteiger partial charge in [-0.1, -0.05) is 19.8 Å². The van der Waals surface area contributed by atoms with Crippen molar-refractivity contribution in [1.82, 2.24) is 5.32 Å². The van der Waals surface area contributed by atoms with Gasteiger partial charge in [0.25, 0.3) is 0 Å². The molecule has 3 heteroatoms. The Hall–Kier alpha value is -0.570. The van der Waals surface area contributed by atoms with Gasteiger partial charge in [-0.05, 0) is 25.8 Å². The number of hydrogen-bond acceptors (Lipinski definition) is 3. The Balaban J connectivity index is 2.03. The third-order valence-electron chi connectivity index (χ3n) is 2.34. The first-order chi connectivity index (χ1) is 6.34. The monoisotopic (exact) mass is 185 g/mol. The summed E-state index contributed by atoms with van der Waals surface area (Å²) in [5.41, 5.74) is 0. The smallest absolute Gasteiger partial charge is 0.323 e. The number of nitrogens with one attached hydrogen (secondary N) is 1. The largest absolute Gasteiger partial charge is 0.465 e. The minimum Gasteiger partial charge on any atom is -0.465 e. The van der Waals surface area contributed by atoms with Crippen LogP contribution in [0.5, 0.6) is 0 Å². The summed E-state index contributed by atoms with van der Waals surface area (Å²) in [5, 5.41) is 3.12. The third kappa shape index (κ3) is 3.77. The standard InChI is InChI=1S/C10H19NO2/c1-2-3-4-8-13-10(12)9-6-5-7-11-9/h9,11H,2-8H2,1H3/t9-/m0/s1. The van der Waals surface area contributed by atoms with E-state index in [0.717, 1.165) is 32.2 Å². The molecular weight excluding hydrogens is 166 g/mol. The number of rotatable bonds is 5. The summed E-state index contributed by atoms with van der Waals surface area (Å²) in [5.74, 6) is -0.0615. The maximum Gasteiger partial charge on any atom is 0.323 e. The molecule has 0 spiro atoms. The van der Waals surface area contributed by atoms with Crippen molar-refractivity contribution in [2.45, 2.75) is 45.1 Å². The van der Waals surface area contributed by atoms with Crippen LogP contribution in [0.25, 0.3) is 0 Å². The Morgan fingerprint density at radius 1 is 1.54 bits per heavy atom. The Bertz CT molecular complexity index is 153. The molecule has 0 saturated carbocycles. The zero-order chi connectivity index (χ0) is 9.52. The van der Waals surface area contributed by atoms with Crippen molar-refractivity contribution < 1.29 is 9.53 Å². The topological polar surface area (TPSA) is 38.3 Å². The predicted octanol–water partition coefficient (Wildman–Crippen LogP) is 1.47. The summed E-state index contributed by atoms with van der Waals surface area (Å²) < 4.78 is 5.13. The second-order valence-corrected chi connectivity index (χ2v) is 3.52. The Morgan fingerprint density at radius 3 is 3.00 bits per heavy atom. The third-order valence-corrected chi connectivity index (χ3v) is 2.34. The highest BCUT2D eigenvalue weighted by Crippen LogP contribution is 2.06. The van der Waals surface area contributed by atoms with E-state index in [2.05, 4.69) is 12.2 Å². The molecule has 1 rings (SSSR count). The molecule has 0 aromatic heterocycles. The molecular formula is C10H19NO2. The molecule has 0 radical (unpaired) electrons. The summed E-state index contributed by atoms with van der Waals surface area (Å²) in [6, 6.07) is -0.0263. The first-order valence-electron chi connectivity index (χ1n) is 5.24. The minimum absolute atomic E-state index is 0.0263. The van der Waals surface area contributed by atoms with Crippen LogP contribution in [0.3, 0.4) is 0 Å². The predicted molar refractivity (Wildman–Crippen MR) is 51.5 cm³/mol. The maximum absolute atomic E-state index is 11.3. The molecule has 0 aromatic rings. The van der Waals surface area contributed by atoms with Gasteiger partial charge in [0.15, 0.2) is 0 Å². The van der Waals surface area contributed by atoms with Crippen LogP contribution in [0.4, 0.5) is 0 Å². The summed E-state index contributed by atoms with van der Waals surface area (Å²) in [7, 11) is 0. The van der Waals surface area contributed by atoms with E-state index in [1.54, 1.807) is 0 Å². The fraction of sp³-hybridized carbons (Fsp3) is 0.900. The number of ether oxygens (including phenoxy) is 1. The summed E-state index contributed by atoms with van der Waals surface area (Å²) in [6.07, 6.45) is 5.33. The van der Waals surface area contributed by atoms with Gasteiger partial charge in [-0.2, -0.15) is 0 Å². The fourth-order valence-electron chi connectivity index (χ4n) is 1.51. The number of unbranched alkanes of at least 4 members (excludes halogenated alkanes) is 2. The van der Waals surface area contributed by atoms with Gasteiger partial charge in [-0.15, -0.1) is 0 Å². The average molecular weight is 185 g/mol. The molecule has 0 aliphatic carbocycles. The molecule has 0 amide bonds. The van der Waals surface area contributed by atoms with E-state index >= 15 is 0 Å². The van der Waals surface area contributed by atoms with Gasteiger partial charge in [0.05, 0.1) is 6.61 Å². The van der Waals surface area contributed by atoms with Crippen LogP contribution >= 0.6 is 0 Å². The van der Waals surface area contributed by atoms with Crippen LogP contribution in [-0.4, -0.2) is 25.2 Å². The van der Waals surface area contributed by atoms with E-state index in [1.165, 1.54) is 6.42 Å². The lowest BCUT2D eigenvalue weighted by molar-refractivity contribution is -0.145. The van der Waals surface area contributed by atoms with Gasteiger partial charge in [0.2, 0.25) is 0 Å². The zero-order valence-corrected chi connectivity index (χ0v) is 8.34. The van der Waals surface area contributed by atoms with Crippen molar-refractivity contribution in [1.29, 1.82) is 0 Å². The quantitative estimate of drug-likeness (QED) is 0.520. The molecule has 1 heterocycles. The molecule has 1 saturated heterocycles. The fourth-order valence-corrected chi connectivity index (χ4v) is 1.51. The highest BCUT2D eigenvalue weighted by molar-refractivity contribution is 5.76. The lowest BCUT2D eigenvalue weighted by Gasteiger charge is -2.09. The molecule has 1 N–H and O–H groups in total. The maximum atomic E-state index is 11.3. The van der Waals surface area contributed by atoms with Crippen LogP contribution in [0.1, 0.15) is 39.0 Å². The van der Waals surface area contributed by atoms with Crippen molar-refractivity contribution in [3.05, 3.63) is 0 Å². The lowest BCUT2D eigenvalue weighted by atomic mass is 10.2. The number of hydrogen-bond donors (Lipinski definition) is 1. The van der Waals surface area contributed by atoms with Crippen LogP contribution in [0.2, 0.25) is 0 Å². The minimum atomic E-state index is -0.0615. The summed E-state index contributed by atoms with van der Waals surface area (Å²) >= 11 is 0. The Labute approximate surface area is 79.8 Å². The molecule has 13 heavy (non-hydrogen) atoms. The molecule has 0 bridgehead atoms. The number of carbonyl (C=O) groups is 1. The molecule has 1 aliphatic rings. The highest BCUT2D eigenvalue weighted by Gasteiger charge is 2.22. The van der Waals surface area contributed by atoms with Gasteiger partial charge in [-0.3, -0.25) is 4.79 Å². The lowest BCUT2D eigenvalue weighted by Crippen LogP contribution is -2.32. The first-order valence-corrected chi connectivity index (χ1v) is 5.24. The van der Waals surface area contributed by atoms with Crippen LogP contribution in [0.15, 0.2) is 0 Å². The second kappa shape index (κ2) is 5.97. The van der Waals surface area contributed by atoms with Gasteiger partial charge in [0.1, 0.15) is 6.04 Å². The average Bonchev–Trinajstić information content (AvgIpc) is 2.65. The summed E-state index contributed by atoms with van der Waals surface area (Å²) in [6.45, 7) is 3.68. The van der Waals surface area contributed by atoms with E-state index < -0.39 is 0 Å². The van der Waals surface area contributed by atoms with Crippen LogP contribution in [0, 0.1) is 0 Å². The van der Waals surface area contributed by atoms with E-state index in [4.69, 9.17) is 4.74 Å². The van der Waals surface area contributed by atoms with E-state index in [-0.39, 0.29) is 12.0 Å². The van der Waals surface area contributed by atoms with Crippen molar-refractivity contribution >= 4 is 5.97 Å². The molecule has 0 unspecified atom stereocenters. The van der Waals surface area contributed by atoms with Crippen LogP contribution in [-0.2, 0) is 9.53 Å². The van der Waals surface area contributed by atoms with Crippen molar-refractivity contribution in [2.75, 3.05) is 13.2 Å². The molecule has 3 nitrogen and oxygen atoms in total. The Morgan fingerprint density at radius 2 is 2.38 bits per heavy atom. The van der Waals surface area contributed by atoms with Gasteiger partial charge >= 0.3 is 5.97 Å². The van der Waals surface area contributed by atoms with Gasteiger partial charge in [0, 0.05) is 0 Å². The van der Waals surface area contributed by atoms with Crippen molar-refractivity contribution in [3.63, 3.8) is 0 Å². The summed E-state index contributed by atoms with van der Waals surface area (Å²) in [4.78, 5) is 11.3. The molecule has 1 aliphatic heterocycles. The van der Waals surface area contributed by atoms with Crippen molar-refractivity contribution in [3.8, 4) is 0 Å². The molecule has 1 fully saturated rings. The van der Waals surface area contributed by atoms with Gasteiger partial charge < -0.3 is 10.1 Å².